The molecule has 2 saturated heterocycles. The zero-order chi connectivity index (χ0) is 86.1. The van der Waals surface area contributed by atoms with Crippen molar-refractivity contribution in [3.63, 3.8) is 0 Å². The third kappa shape index (κ3) is 50.8. The topological polar surface area (TPSA) is 380 Å². The van der Waals surface area contributed by atoms with Crippen LogP contribution in [0.5, 0.6) is 0 Å². The van der Waals surface area contributed by atoms with E-state index in [4.69, 9.17) is 46.9 Å². The van der Waals surface area contributed by atoms with E-state index in [1.165, 1.54) is 173 Å². The Balaban J connectivity index is 1.91. The number of rotatable bonds is 77. The molecule has 2 heterocycles. The Morgan fingerprint density at radius 2 is 0.636 bits per heavy atom. The molecule has 26 heteroatoms. The smallest absolute Gasteiger partial charge is 0.463 e. The largest absolute Gasteiger partial charge is 0.472 e. The van der Waals surface area contributed by atoms with Gasteiger partial charge in [-0.2, -0.15) is 0 Å². The van der Waals surface area contributed by atoms with Gasteiger partial charge in [0.2, 0.25) is 0 Å². The van der Waals surface area contributed by atoms with Gasteiger partial charge in [-0.15, -0.1) is 0 Å². The molecule has 3 fully saturated rings. The molecular weight excluding hydrogens is 1540 g/mol. The third-order valence-electron chi connectivity index (χ3n) is 23.2. The van der Waals surface area contributed by atoms with Gasteiger partial charge in [-0.05, 0) is 77.0 Å². The van der Waals surface area contributed by atoms with Gasteiger partial charge < -0.3 is 88.7 Å². The quantitative estimate of drug-likeness (QED) is 0.00889. The molecule has 0 radical (unpaired) electrons. The fraction of sp³-hybridized carbons (Fsp3) is 0.913. The number of carbonyl (C=O) groups is 4. The summed E-state index contributed by atoms with van der Waals surface area (Å²) in [4.78, 5) is 66.5. The Hall–Kier alpha value is -3.05. The van der Waals surface area contributed by atoms with Gasteiger partial charge in [0.15, 0.2) is 24.8 Å². The van der Waals surface area contributed by atoms with E-state index < -0.39 is 162 Å². The predicted octanol–water partition coefficient (Wildman–Crippen LogP) is 17.7. The van der Waals surface area contributed by atoms with Crippen LogP contribution in [0.3, 0.4) is 0 Å². The van der Waals surface area contributed by atoms with Gasteiger partial charge >= 0.3 is 31.7 Å². The first-order valence-electron chi connectivity index (χ1n) is 47.6. The van der Waals surface area contributed by atoms with Crippen molar-refractivity contribution in [1.82, 2.24) is 0 Å². The monoisotopic (exact) mass is 1710 g/mol. The van der Waals surface area contributed by atoms with Crippen molar-refractivity contribution in [2.75, 3.05) is 26.4 Å². The van der Waals surface area contributed by atoms with Crippen LogP contribution >= 0.6 is 7.82 Å². The zero-order valence-electron chi connectivity index (χ0n) is 73.7. The number of carbonyl (C=O) groups excluding carboxylic acids is 4. The zero-order valence-corrected chi connectivity index (χ0v) is 74.6. The lowest BCUT2D eigenvalue weighted by atomic mass is 9.84. The average molecular weight is 1710 g/mol. The standard InChI is InChI=1S/C92H169O25P/c1-5-9-13-17-21-25-29-33-36-39-42-45-49-53-57-61-65-76(95)109-71-74-80(99)82(101)86(105)92(113-74)116-89-87(114-78(97)67-63-59-55-51-47-43-38-35-31-27-23-19-15-11-7-3)83(102)84(103)88(115-91-85(104)81(100)79(98)73(68-93)112-91)90(89)117-118(106,107)110-70-72(111-77(96)66-62-58-54-50-46-40-32-28-24-20-16-12-8-4)69-108-75(94)64-60-56-52-48-44-41-37-34-30-26-22-18-14-10-6-2/h26,30,40,46,72-74,79-93,98-105H,5-25,27-29,31-39,41-45,47-71H2,1-4H3,(H,106,107)/b30-26-,46-40-. The van der Waals surface area contributed by atoms with Gasteiger partial charge in [0, 0.05) is 25.7 Å². The molecule has 1 aliphatic carbocycles. The van der Waals surface area contributed by atoms with Crippen LogP contribution in [-0.2, 0) is 70.7 Å². The summed E-state index contributed by atoms with van der Waals surface area (Å²) < 4.78 is 73.4. The second-order valence-corrected chi connectivity index (χ2v) is 35.3. The lowest BCUT2D eigenvalue weighted by Crippen LogP contribution is -2.70. The molecule has 0 amide bonds. The number of aliphatic hydroxyl groups is 9. The fourth-order valence-corrected chi connectivity index (χ4v) is 16.6. The third-order valence-corrected chi connectivity index (χ3v) is 24.2. The summed E-state index contributed by atoms with van der Waals surface area (Å²) in [6.45, 7) is 5.58. The summed E-state index contributed by atoms with van der Waals surface area (Å²) in [7, 11) is -5.81. The van der Waals surface area contributed by atoms with Crippen molar-refractivity contribution in [2.45, 2.75) is 511 Å². The van der Waals surface area contributed by atoms with E-state index in [0.717, 1.165) is 141 Å². The Bertz CT molecular complexity index is 2550. The molecule has 0 aromatic rings. The number of hydrogen-bond donors (Lipinski definition) is 10. The molecule has 3 rings (SSSR count). The highest BCUT2D eigenvalue weighted by atomic mass is 31.2. The second-order valence-electron chi connectivity index (χ2n) is 33.9. The van der Waals surface area contributed by atoms with E-state index in [9.17, 15) is 74.6 Å². The summed E-state index contributed by atoms with van der Waals surface area (Å²) >= 11 is 0. The molecule has 0 aromatic heterocycles. The molecule has 2 aliphatic heterocycles. The second kappa shape index (κ2) is 71.1. The molecule has 118 heavy (non-hydrogen) atoms. The van der Waals surface area contributed by atoms with Crippen molar-refractivity contribution in [1.29, 1.82) is 0 Å². The van der Waals surface area contributed by atoms with Crippen LogP contribution in [0.25, 0.3) is 0 Å². The molecule has 25 nitrogen and oxygen atoms in total. The average Bonchev–Trinajstić information content (AvgIpc) is 0.754. The van der Waals surface area contributed by atoms with Crippen molar-refractivity contribution in [3.8, 4) is 0 Å². The number of hydrogen-bond acceptors (Lipinski definition) is 24. The van der Waals surface area contributed by atoms with Crippen molar-refractivity contribution in [3.05, 3.63) is 24.3 Å². The first-order chi connectivity index (χ1) is 57.2. The highest BCUT2D eigenvalue weighted by Crippen LogP contribution is 2.49. The minimum absolute atomic E-state index is 0.0175. The summed E-state index contributed by atoms with van der Waals surface area (Å²) in [5.41, 5.74) is 0. The number of phosphoric acid groups is 1. The number of esters is 4. The Morgan fingerprint density at radius 3 is 1.03 bits per heavy atom. The molecule has 18 unspecified atom stereocenters. The number of ether oxygens (including phenoxy) is 8. The number of unbranched alkanes of at least 4 members (excludes halogenated alkanes) is 49. The number of allylic oxidation sites excluding steroid dienone is 4. The van der Waals surface area contributed by atoms with Gasteiger partial charge in [-0.25, -0.2) is 4.57 Å². The summed E-state index contributed by atoms with van der Waals surface area (Å²) in [5.74, 6) is -2.98. The minimum atomic E-state index is -5.81. The summed E-state index contributed by atoms with van der Waals surface area (Å²) in [5, 5.41) is 102. The molecule has 0 aromatic carbocycles. The normalized spacial score (nSPS) is 25.0. The Labute approximate surface area is 711 Å². The molecule has 1 saturated carbocycles. The van der Waals surface area contributed by atoms with Crippen LogP contribution < -0.4 is 0 Å². The number of phosphoric ester groups is 1. The molecular formula is C92H169O25P. The van der Waals surface area contributed by atoms with E-state index in [2.05, 4.69) is 52.0 Å². The van der Waals surface area contributed by atoms with Crippen LogP contribution in [-0.4, -0.2) is 205 Å². The van der Waals surface area contributed by atoms with Crippen molar-refractivity contribution in [2.24, 2.45) is 0 Å². The van der Waals surface area contributed by atoms with E-state index in [1.54, 1.807) is 0 Å². The van der Waals surface area contributed by atoms with Gasteiger partial charge in [0.1, 0.15) is 92.6 Å². The number of aliphatic hydroxyl groups excluding tert-OH is 9. The first kappa shape index (κ1) is 109. The van der Waals surface area contributed by atoms with Crippen LogP contribution in [0, 0.1) is 0 Å². The van der Waals surface area contributed by atoms with E-state index in [-0.39, 0.29) is 25.7 Å². The van der Waals surface area contributed by atoms with Crippen molar-refractivity contribution < 1.29 is 122 Å². The molecule has 10 N–H and O–H groups in total. The van der Waals surface area contributed by atoms with Crippen LogP contribution in [0.2, 0.25) is 0 Å². The first-order valence-corrected chi connectivity index (χ1v) is 49.1. The summed E-state index contributed by atoms with van der Waals surface area (Å²) in [6.07, 6.45) is 31.6. The molecule has 3 aliphatic rings. The lowest BCUT2D eigenvalue weighted by molar-refractivity contribution is -0.360. The van der Waals surface area contributed by atoms with E-state index in [1.807, 2.05) is 0 Å². The van der Waals surface area contributed by atoms with E-state index >= 15 is 0 Å². The molecule has 0 spiro atoms. The van der Waals surface area contributed by atoms with Crippen LogP contribution in [0.15, 0.2) is 24.3 Å². The lowest BCUT2D eigenvalue weighted by Gasteiger charge is -2.50. The SMILES string of the molecule is CCCCCC/C=C\CCCCCCCCCC(=O)OCC(COP(=O)(O)OC1C(OC2OC(CO)C(O)C(O)C2O)C(O)C(O)C(OC(=O)CCCCCCCCCCCCCCCCC)C1OC1OC(COC(=O)CCCCCCCCCCCCCCCCCC)C(O)C(O)C1O)OC(=O)CCCCC/C=C\CCCCCCCC. The van der Waals surface area contributed by atoms with Gasteiger partial charge in [0.25, 0.3) is 0 Å². The fourth-order valence-electron chi connectivity index (χ4n) is 15.6. The Morgan fingerprint density at radius 1 is 0.331 bits per heavy atom. The van der Waals surface area contributed by atoms with Gasteiger partial charge in [-0.1, -0.05) is 328 Å². The molecule has 0 bridgehead atoms. The van der Waals surface area contributed by atoms with Gasteiger partial charge in [0.05, 0.1) is 13.2 Å². The molecule has 692 valence electrons. The maximum absolute atomic E-state index is 14.9. The summed E-state index contributed by atoms with van der Waals surface area (Å²) in [6, 6.07) is 0. The predicted molar refractivity (Wildman–Crippen MR) is 458 cm³/mol. The van der Waals surface area contributed by atoms with Crippen LogP contribution in [0.1, 0.15) is 407 Å². The van der Waals surface area contributed by atoms with Gasteiger partial charge in [-0.3, -0.25) is 28.2 Å². The maximum Gasteiger partial charge on any atom is 0.472 e. The van der Waals surface area contributed by atoms with Crippen molar-refractivity contribution >= 4 is 31.7 Å². The highest BCUT2D eigenvalue weighted by Gasteiger charge is 2.60. The Kier molecular flexibility index (Phi) is 65.8. The van der Waals surface area contributed by atoms with Crippen LogP contribution in [0.4, 0.5) is 0 Å². The van der Waals surface area contributed by atoms with E-state index in [0.29, 0.717) is 38.5 Å². The minimum Gasteiger partial charge on any atom is -0.463 e. The maximum atomic E-state index is 14.9. The molecule has 18 atom stereocenters. The highest BCUT2D eigenvalue weighted by molar-refractivity contribution is 7.47.